The lowest BCUT2D eigenvalue weighted by Crippen LogP contribution is -2.34. The van der Waals surface area contributed by atoms with Crippen LogP contribution < -0.4 is 10.6 Å². The lowest BCUT2D eigenvalue weighted by Gasteiger charge is -2.22. The number of rotatable bonds is 6. The van der Waals surface area contributed by atoms with Gasteiger partial charge in [0, 0.05) is 18.3 Å². The van der Waals surface area contributed by atoms with E-state index in [2.05, 4.69) is 38.6 Å². The minimum absolute atomic E-state index is 0.0344. The zero-order valence-electron chi connectivity index (χ0n) is 17.0. The van der Waals surface area contributed by atoms with E-state index >= 15 is 0 Å². The molecule has 2 fully saturated rings. The monoisotopic (exact) mass is 394 g/mol. The predicted molar refractivity (Wildman–Crippen MR) is 111 cm³/mol. The quantitative estimate of drug-likeness (QED) is 0.782. The van der Waals surface area contributed by atoms with Crippen molar-refractivity contribution in [1.29, 1.82) is 0 Å². The highest BCUT2D eigenvalue weighted by atomic mass is 16.3. The fourth-order valence-corrected chi connectivity index (χ4v) is 3.81. The first-order valence-electron chi connectivity index (χ1n) is 10.2. The van der Waals surface area contributed by atoms with Crippen molar-refractivity contribution < 1.29 is 9.21 Å². The Labute approximate surface area is 169 Å². The van der Waals surface area contributed by atoms with E-state index in [1.54, 1.807) is 25.2 Å². The molecule has 0 saturated heterocycles. The van der Waals surface area contributed by atoms with Crippen molar-refractivity contribution in [1.82, 2.24) is 20.2 Å². The maximum atomic E-state index is 13.4. The van der Waals surface area contributed by atoms with Crippen molar-refractivity contribution >= 4 is 29.2 Å². The van der Waals surface area contributed by atoms with Gasteiger partial charge in [-0.15, -0.1) is 0 Å². The number of likely N-dealkylation sites (N-methyl/N-ethyl adjacent to an activating group) is 1. The highest BCUT2D eigenvalue weighted by Crippen LogP contribution is 2.40. The first kappa shape index (κ1) is 18.1. The highest BCUT2D eigenvalue weighted by molar-refractivity contribution is 6.10. The molecule has 1 aliphatic heterocycles. The molecule has 8 heteroatoms. The van der Waals surface area contributed by atoms with Crippen LogP contribution in [0.4, 0.5) is 5.82 Å². The van der Waals surface area contributed by atoms with E-state index < -0.39 is 0 Å². The number of nitrogens with one attached hydrogen (secondary N) is 2. The molecule has 8 nitrogen and oxygen atoms in total. The average Bonchev–Trinajstić information content (AvgIpc) is 3.61. The van der Waals surface area contributed by atoms with Gasteiger partial charge in [0.25, 0.3) is 5.91 Å². The summed E-state index contributed by atoms with van der Waals surface area (Å²) in [6.45, 7) is 4.44. The summed E-state index contributed by atoms with van der Waals surface area (Å²) in [5.74, 6) is 1.77. The van der Waals surface area contributed by atoms with Crippen LogP contribution in [0.3, 0.4) is 0 Å². The Morgan fingerprint density at radius 2 is 2.17 bits per heavy atom. The Morgan fingerprint density at radius 3 is 2.90 bits per heavy atom. The second kappa shape index (κ2) is 6.57. The van der Waals surface area contributed by atoms with Crippen molar-refractivity contribution in [2.24, 2.45) is 10.9 Å². The average molecular weight is 394 g/mol. The number of amides is 1. The second-order valence-corrected chi connectivity index (χ2v) is 8.72. The smallest absolute Gasteiger partial charge is 0.258 e. The predicted octanol–water partition coefficient (Wildman–Crippen LogP) is 2.86. The molecule has 3 aliphatic rings. The number of aromatic nitrogens is 2. The molecule has 3 heterocycles. The maximum absolute atomic E-state index is 13.4. The second-order valence-electron chi connectivity index (χ2n) is 8.72. The van der Waals surface area contributed by atoms with Gasteiger partial charge in [-0.3, -0.25) is 9.79 Å². The molecular weight excluding hydrogens is 368 g/mol. The third-order valence-corrected chi connectivity index (χ3v) is 6.03. The molecule has 2 N–H and O–H groups in total. The van der Waals surface area contributed by atoms with Crippen LogP contribution in [0.1, 0.15) is 48.7 Å². The highest BCUT2D eigenvalue weighted by Gasteiger charge is 2.39. The van der Waals surface area contributed by atoms with Gasteiger partial charge in [0.05, 0.1) is 29.9 Å². The van der Waals surface area contributed by atoms with Gasteiger partial charge in [0.1, 0.15) is 17.9 Å². The molecule has 152 valence electrons. The number of aliphatic imine (C=N–C) groups is 1. The summed E-state index contributed by atoms with van der Waals surface area (Å²) >= 11 is 0. The van der Waals surface area contributed by atoms with Crippen molar-refractivity contribution in [2.75, 3.05) is 18.9 Å². The van der Waals surface area contributed by atoms with E-state index in [1.165, 1.54) is 19.2 Å². The van der Waals surface area contributed by atoms with Gasteiger partial charge in [-0.2, -0.15) is 0 Å². The van der Waals surface area contributed by atoms with Crippen molar-refractivity contribution in [2.45, 2.75) is 51.1 Å². The maximum Gasteiger partial charge on any atom is 0.258 e. The number of fused-ring (bicyclic) bond motifs is 1. The van der Waals surface area contributed by atoms with E-state index in [9.17, 15) is 4.79 Å². The van der Waals surface area contributed by atoms with Gasteiger partial charge in [0.2, 0.25) is 5.71 Å². The Kier molecular flexibility index (Phi) is 4.11. The number of nitrogens with zero attached hydrogens (tertiary/aromatic N) is 4. The molecule has 5 rings (SSSR count). The molecular formula is C21H26N6O2. The van der Waals surface area contributed by atoms with E-state index in [-0.39, 0.29) is 17.5 Å². The molecule has 2 aromatic heterocycles. The molecule has 2 saturated carbocycles. The summed E-state index contributed by atoms with van der Waals surface area (Å²) < 4.78 is 5.80. The minimum Gasteiger partial charge on any atom is -0.442 e. The van der Waals surface area contributed by atoms with Crippen LogP contribution in [0, 0.1) is 12.8 Å². The van der Waals surface area contributed by atoms with Gasteiger partial charge in [-0.25, -0.2) is 9.97 Å². The van der Waals surface area contributed by atoms with E-state index in [0.29, 0.717) is 40.7 Å². The number of carbonyl (C=O) groups is 1. The van der Waals surface area contributed by atoms with Crippen LogP contribution in [0.5, 0.6) is 0 Å². The van der Waals surface area contributed by atoms with Gasteiger partial charge in [-0.05, 0) is 51.5 Å². The Balaban J connectivity index is 1.42. The van der Waals surface area contributed by atoms with E-state index in [4.69, 9.17) is 4.42 Å². The lowest BCUT2D eigenvalue weighted by atomic mass is 10.1. The number of hydrogen-bond acceptors (Lipinski definition) is 7. The number of hydrogen-bond donors (Lipinski definition) is 2. The van der Waals surface area contributed by atoms with E-state index in [1.807, 2.05) is 0 Å². The Morgan fingerprint density at radius 1 is 1.38 bits per heavy atom. The van der Waals surface area contributed by atoms with Crippen LogP contribution in [0.25, 0.3) is 11.1 Å². The first-order chi connectivity index (χ1) is 13.9. The Bertz CT molecular complexity index is 1030. The molecule has 2 aliphatic carbocycles. The summed E-state index contributed by atoms with van der Waals surface area (Å²) in [5, 5.41) is 7.31. The topological polar surface area (TPSA) is 95.7 Å². The SMILES string of the molecule is Cc1oc2ncnc(NC3(C)CC3)c2c1C(=O)N(C)CC1=CC(C2CC2)N=CN1. The Hall–Kier alpha value is -2.90. The lowest BCUT2D eigenvalue weighted by molar-refractivity contribution is 0.0805. The number of furan rings is 1. The summed E-state index contributed by atoms with van der Waals surface area (Å²) in [5.41, 5.74) is 2.00. The van der Waals surface area contributed by atoms with Crippen LogP contribution in [-0.4, -0.2) is 52.3 Å². The number of aryl methyl sites for hydroxylation is 1. The number of anilines is 1. The molecule has 0 aromatic carbocycles. The summed E-state index contributed by atoms with van der Waals surface area (Å²) in [6.07, 6.45) is 10.0. The van der Waals surface area contributed by atoms with Crippen LogP contribution in [-0.2, 0) is 0 Å². The summed E-state index contributed by atoms with van der Waals surface area (Å²) in [6, 6.07) is 0.231. The molecule has 1 amide bonds. The van der Waals surface area contributed by atoms with Gasteiger partial charge in [-0.1, -0.05) is 0 Å². The fourth-order valence-electron chi connectivity index (χ4n) is 3.81. The summed E-state index contributed by atoms with van der Waals surface area (Å²) in [7, 11) is 1.81. The zero-order chi connectivity index (χ0) is 20.2. The largest absolute Gasteiger partial charge is 0.442 e. The van der Waals surface area contributed by atoms with Crippen molar-refractivity contribution in [3.05, 3.63) is 29.4 Å². The fraction of sp³-hybridized carbons (Fsp3) is 0.524. The third-order valence-electron chi connectivity index (χ3n) is 6.03. The van der Waals surface area contributed by atoms with Crippen molar-refractivity contribution in [3.63, 3.8) is 0 Å². The standard InChI is InChI=1S/C21H26N6O2/c1-12-16(17-18(26-21(2)6-7-21)24-11-25-19(17)29-12)20(28)27(3)9-14-8-15(13-4-5-13)23-10-22-14/h8,10-11,13,15H,4-7,9H2,1-3H3,(H,22,23)(H,24,25,26). The normalized spacial score (nSPS) is 22.2. The first-order valence-corrected chi connectivity index (χ1v) is 10.2. The molecule has 1 unspecified atom stereocenters. The van der Waals surface area contributed by atoms with Gasteiger partial charge < -0.3 is 20.0 Å². The zero-order valence-corrected chi connectivity index (χ0v) is 17.0. The number of carbonyl (C=O) groups excluding carboxylic acids is 1. The molecule has 0 spiro atoms. The van der Waals surface area contributed by atoms with Gasteiger partial charge >= 0.3 is 0 Å². The molecule has 1 atom stereocenters. The minimum atomic E-state index is -0.103. The van der Waals surface area contributed by atoms with Crippen LogP contribution in [0.2, 0.25) is 0 Å². The van der Waals surface area contributed by atoms with E-state index in [0.717, 1.165) is 18.5 Å². The van der Waals surface area contributed by atoms with Crippen LogP contribution in [0.15, 0.2) is 27.5 Å². The molecule has 0 radical (unpaired) electrons. The van der Waals surface area contributed by atoms with Crippen molar-refractivity contribution in [3.8, 4) is 0 Å². The van der Waals surface area contributed by atoms with Crippen LogP contribution >= 0.6 is 0 Å². The molecule has 29 heavy (non-hydrogen) atoms. The summed E-state index contributed by atoms with van der Waals surface area (Å²) in [4.78, 5) is 28.2. The molecule has 0 bridgehead atoms. The van der Waals surface area contributed by atoms with Gasteiger partial charge in [0.15, 0.2) is 0 Å². The molecule has 2 aromatic rings. The third kappa shape index (κ3) is 3.47.